The second-order valence-electron chi connectivity index (χ2n) is 4.41. The molecule has 0 saturated heterocycles. The summed E-state index contributed by atoms with van der Waals surface area (Å²) < 4.78 is 4.46. The minimum absolute atomic E-state index is 0.0940. The van der Waals surface area contributed by atoms with Crippen molar-refractivity contribution < 1.29 is 19.4 Å². The summed E-state index contributed by atoms with van der Waals surface area (Å²) in [4.78, 5) is 20.7. The fraction of sp³-hybridized carbons (Fsp3) is 0.857. The number of hydrogen-bond acceptors (Lipinski definition) is 3. The molecule has 0 aromatic heterocycles. The number of rotatable bonds is 8. The number of aliphatic carboxylic acids is 1. The third kappa shape index (κ3) is 14.9. The van der Waals surface area contributed by atoms with E-state index in [1.807, 2.05) is 0 Å². The lowest BCUT2D eigenvalue weighted by atomic mass is 10.1. The van der Waals surface area contributed by atoms with E-state index in [9.17, 15) is 9.59 Å². The molecule has 0 radical (unpaired) electrons. The van der Waals surface area contributed by atoms with E-state index in [0.29, 0.717) is 6.42 Å². The average Bonchev–Trinajstić information content (AvgIpc) is 2.36. The number of ether oxygens (including phenoxy) is 1. The molecule has 0 heterocycles. The number of hydrogen-bond donors (Lipinski definition) is 1. The van der Waals surface area contributed by atoms with Gasteiger partial charge in [0, 0.05) is 6.42 Å². The first kappa shape index (κ1) is 19.3. The zero-order chi connectivity index (χ0) is 14.4. The molecule has 0 fully saturated rings. The van der Waals surface area contributed by atoms with Crippen LogP contribution < -0.4 is 0 Å². The van der Waals surface area contributed by atoms with Crippen LogP contribution in [0.15, 0.2) is 0 Å². The minimum atomic E-state index is -0.677. The van der Waals surface area contributed by atoms with Crippen molar-refractivity contribution >= 4 is 11.9 Å². The molecule has 1 atom stereocenters. The number of methoxy groups -OCH3 is 1. The predicted molar refractivity (Wildman–Crippen MR) is 72.5 cm³/mol. The van der Waals surface area contributed by atoms with E-state index in [-0.39, 0.29) is 11.9 Å². The molecule has 0 aromatic carbocycles. The maximum absolute atomic E-state index is 10.5. The van der Waals surface area contributed by atoms with Gasteiger partial charge < -0.3 is 9.84 Å². The standard InChI is InChI=1S/2C7H14O2/c1-3-4-5-6-7(8)9-2;1-3-4-5-6(2)7(8)9/h3-6H2,1-2H3;6H,3-5H2,1-2H3,(H,8,9). The van der Waals surface area contributed by atoms with Crippen molar-refractivity contribution in [1.29, 1.82) is 0 Å². The molecule has 0 aliphatic heterocycles. The van der Waals surface area contributed by atoms with Crippen LogP contribution in [0.3, 0.4) is 0 Å². The first-order chi connectivity index (χ1) is 8.49. The second-order valence-corrected chi connectivity index (χ2v) is 4.41. The molecule has 108 valence electrons. The Balaban J connectivity index is 0. The minimum Gasteiger partial charge on any atom is -0.481 e. The number of carbonyl (C=O) groups is 2. The molecule has 0 spiro atoms. The van der Waals surface area contributed by atoms with Crippen LogP contribution in [0.25, 0.3) is 0 Å². The van der Waals surface area contributed by atoms with E-state index in [1.54, 1.807) is 6.92 Å². The van der Waals surface area contributed by atoms with Crippen LogP contribution in [0.5, 0.6) is 0 Å². The van der Waals surface area contributed by atoms with Gasteiger partial charge in [-0.1, -0.05) is 46.5 Å². The van der Waals surface area contributed by atoms with E-state index in [4.69, 9.17) is 5.11 Å². The molecule has 1 unspecified atom stereocenters. The zero-order valence-corrected chi connectivity index (χ0v) is 12.2. The summed E-state index contributed by atoms with van der Waals surface area (Å²) >= 11 is 0. The van der Waals surface area contributed by atoms with Gasteiger partial charge in [0.15, 0.2) is 0 Å². The van der Waals surface area contributed by atoms with Crippen LogP contribution in [-0.2, 0) is 14.3 Å². The molecule has 0 rings (SSSR count). The SMILES string of the molecule is CCCCC(C)C(=O)O.CCCCCC(=O)OC. The summed E-state index contributed by atoms with van der Waals surface area (Å²) in [6, 6.07) is 0. The van der Waals surface area contributed by atoms with Crippen molar-refractivity contribution in [2.45, 2.75) is 65.7 Å². The van der Waals surface area contributed by atoms with Gasteiger partial charge in [-0.05, 0) is 12.8 Å². The molecular weight excluding hydrogens is 232 g/mol. The van der Waals surface area contributed by atoms with Gasteiger partial charge >= 0.3 is 11.9 Å². The van der Waals surface area contributed by atoms with Crippen molar-refractivity contribution in [1.82, 2.24) is 0 Å². The highest BCUT2D eigenvalue weighted by molar-refractivity contribution is 5.69. The maximum Gasteiger partial charge on any atom is 0.306 e. The summed E-state index contributed by atoms with van der Waals surface area (Å²) in [5.74, 6) is -0.933. The molecule has 0 amide bonds. The van der Waals surface area contributed by atoms with Crippen LogP contribution in [0.4, 0.5) is 0 Å². The highest BCUT2D eigenvalue weighted by Crippen LogP contribution is 2.06. The van der Waals surface area contributed by atoms with Crippen molar-refractivity contribution in [2.24, 2.45) is 5.92 Å². The Morgan fingerprint density at radius 1 is 1.11 bits per heavy atom. The molecule has 0 aromatic rings. The molecular formula is C14H28O4. The summed E-state index contributed by atoms with van der Waals surface area (Å²) in [5, 5.41) is 8.41. The summed E-state index contributed by atoms with van der Waals surface area (Å²) in [7, 11) is 1.42. The quantitative estimate of drug-likeness (QED) is 0.534. The van der Waals surface area contributed by atoms with E-state index >= 15 is 0 Å². The Hall–Kier alpha value is -1.06. The third-order valence-electron chi connectivity index (χ3n) is 2.62. The normalized spacial score (nSPS) is 11.1. The number of carbonyl (C=O) groups excluding carboxylic acids is 1. The van der Waals surface area contributed by atoms with Gasteiger partial charge in [0.25, 0.3) is 0 Å². The summed E-state index contributed by atoms with van der Waals surface area (Å²) in [5.41, 5.74) is 0. The van der Waals surface area contributed by atoms with Gasteiger partial charge in [-0.2, -0.15) is 0 Å². The van der Waals surface area contributed by atoms with E-state index < -0.39 is 5.97 Å². The van der Waals surface area contributed by atoms with Gasteiger partial charge in [0.1, 0.15) is 0 Å². The number of carboxylic acids is 1. The van der Waals surface area contributed by atoms with Gasteiger partial charge in [-0.15, -0.1) is 0 Å². The Labute approximate surface area is 111 Å². The first-order valence-corrected chi connectivity index (χ1v) is 6.79. The van der Waals surface area contributed by atoms with Crippen molar-refractivity contribution in [2.75, 3.05) is 7.11 Å². The van der Waals surface area contributed by atoms with Crippen molar-refractivity contribution in [3.63, 3.8) is 0 Å². The monoisotopic (exact) mass is 260 g/mol. The Bertz CT molecular complexity index is 212. The Morgan fingerprint density at radius 3 is 2.06 bits per heavy atom. The van der Waals surface area contributed by atoms with Gasteiger partial charge in [-0.3, -0.25) is 9.59 Å². The lowest BCUT2D eigenvalue weighted by Gasteiger charge is -2.02. The van der Waals surface area contributed by atoms with E-state index in [0.717, 1.165) is 38.5 Å². The zero-order valence-electron chi connectivity index (χ0n) is 12.2. The van der Waals surface area contributed by atoms with Crippen LogP contribution in [0, 0.1) is 5.92 Å². The molecule has 4 heteroatoms. The third-order valence-corrected chi connectivity index (χ3v) is 2.62. The molecule has 18 heavy (non-hydrogen) atoms. The largest absolute Gasteiger partial charge is 0.481 e. The fourth-order valence-corrected chi connectivity index (χ4v) is 1.26. The highest BCUT2D eigenvalue weighted by atomic mass is 16.5. The molecule has 0 bridgehead atoms. The van der Waals surface area contributed by atoms with E-state index in [2.05, 4.69) is 18.6 Å². The lowest BCUT2D eigenvalue weighted by Crippen LogP contribution is -2.08. The van der Waals surface area contributed by atoms with Gasteiger partial charge in [-0.25, -0.2) is 0 Å². The maximum atomic E-state index is 10.5. The topological polar surface area (TPSA) is 63.6 Å². The van der Waals surface area contributed by atoms with E-state index in [1.165, 1.54) is 7.11 Å². The van der Waals surface area contributed by atoms with Crippen LogP contribution in [0.1, 0.15) is 65.7 Å². The Kier molecular flexibility index (Phi) is 15.0. The van der Waals surface area contributed by atoms with Crippen LogP contribution in [-0.4, -0.2) is 24.2 Å². The number of carboxylic acid groups (broad SMARTS) is 1. The molecule has 0 aliphatic rings. The Morgan fingerprint density at radius 2 is 1.67 bits per heavy atom. The van der Waals surface area contributed by atoms with Gasteiger partial charge in [0.05, 0.1) is 13.0 Å². The predicted octanol–water partition coefficient (Wildman–Crippen LogP) is 3.64. The van der Waals surface area contributed by atoms with Crippen molar-refractivity contribution in [3.8, 4) is 0 Å². The number of esters is 1. The highest BCUT2D eigenvalue weighted by Gasteiger charge is 2.08. The summed E-state index contributed by atoms with van der Waals surface area (Å²) in [6.45, 7) is 5.92. The molecule has 0 saturated carbocycles. The lowest BCUT2D eigenvalue weighted by molar-refractivity contribution is -0.142. The summed E-state index contributed by atoms with van der Waals surface area (Å²) in [6.07, 6.45) is 6.72. The molecule has 0 aliphatic carbocycles. The fourth-order valence-electron chi connectivity index (χ4n) is 1.26. The van der Waals surface area contributed by atoms with Crippen LogP contribution >= 0.6 is 0 Å². The van der Waals surface area contributed by atoms with Crippen LogP contribution in [0.2, 0.25) is 0 Å². The smallest absolute Gasteiger partial charge is 0.306 e. The van der Waals surface area contributed by atoms with Gasteiger partial charge in [0.2, 0.25) is 0 Å². The second kappa shape index (κ2) is 14.0. The first-order valence-electron chi connectivity index (χ1n) is 6.79. The number of unbranched alkanes of at least 4 members (excludes halogenated alkanes) is 3. The molecule has 1 N–H and O–H groups in total. The average molecular weight is 260 g/mol. The molecule has 4 nitrogen and oxygen atoms in total. The van der Waals surface area contributed by atoms with Crippen molar-refractivity contribution in [3.05, 3.63) is 0 Å².